The molecule has 0 aliphatic carbocycles. The predicted molar refractivity (Wildman–Crippen MR) is 90.9 cm³/mol. The first-order valence-corrected chi connectivity index (χ1v) is 7.71. The van der Waals surface area contributed by atoms with Crippen molar-refractivity contribution in [2.24, 2.45) is 0 Å². The van der Waals surface area contributed by atoms with Crippen molar-refractivity contribution in [2.75, 3.05) is 20.8 Å². The molecule has 0 spiro atoms. The highest BCUT2D eigenvalue weighted by atomic mass is 16.5. The van der Waals surface area contributed by atoms with Crippen LogP contribution in [0.5, 0.6) is 11.5 Å². The number of benzene rings is 2. The Hall–Kier alpha value is -2.00. The minimum atomic E-state index is 0.433. The average Bonchev–Trinajstić information content (AvgIpc) is 2.56. The molecule has 0 fully saturated rings. The molecule has 0 aromatic heterocycles. The van der Waals surface area contributed by atoms with Gasteiger partial charge < -0.3 is 14.8 Å². The van der Waals surface area contributed by atoms with E-state index in [-0.39, 0.29) is 0 Å². The van der Waals surface area contributed by atoms with Gasteiger partial charge in [-0.25, -0.2) is 0 Å². The molecule has 0 amide bonds. The van der Waals surface area contributed by atoms with Gasteiger partial charge in [-0.2, -0.15) is 0 Å². The van der Waals surface area contributed by atoms with Crippen LogP contribution in [-0.4, -0.2) is 26.8 Å². The van der Waals surface area contributed by atoms with E-state index >= 15 is 0 Å². The number of para-hydroxylation sites is 1. The third-order valence-corrected chi connectivity index (χ3v) is 3.78. The van der Waals surface area contributed by atoms with Crippen LogP contribution in [0, 0.1) is 0 Å². The highest BCUT2D eigenvalue weighted by Gasteiger charge is 2.05. The van der Waals surface area contributed by atoms with E-state index in [1.807, 2.05) is 24.3 Å². The Morgan fingerprint density at radius 2 is 1.68 bits per heavy atom. The van der Waals surface area contributed by atoms with Crippen molar-refractivity contribution >= 4 is 0 Å². The quantitative estimate of drug-likeness (QED) is 0.809. The summed E-state index contributed by atoms with van der Waals surface area (Å²) in [6, 6.07) is 16.9. The highest BCUT2D eigenvalue weighted by molar-refractivity contribution is 5.33. The average molecular weight is 299 g/mol. The maximum Gasteiger partial charge on any atom is 0.122 e. The summed E-state index contributed by atoms with van der Waals surface area (Å²) in [5.74, 6) is 1.87. The van der Waals surface area contributed by atoms with Crippen LogP contribution in [0.3, 0.4) is 0 Å². The Morgan fingerprint density at radius 1 is 0.955 bits per heavy atom. The van der Waals surface area contributed by atoms with Crippen LogP contribution >= 0.6 is 0 Å². The van der Waals surface area contributed by atoms with Gasteiger partial charge in [0, 0.05) is 6.04 Å². The van der Waals surface area contributed by atoms with Crippen LogP contribution in [0.1, 0.15) is 18.1 Å². The lowest BCUT2D eigenvalue weighted by Crippen LogP contribution is -2.30. The second-order valence-corrected chi connectivity index (χ2v) is 5.47. The van der Waals surface area contributed by atoms with Gasteiger partial charge >= 0.3 is 0 Å². The van der Waals surface area contributed by atoms with Gasteiger partial charge in [-0.05, 0) is 55.6 Å². The van der Waals surface area contributed by atoms with Crippen molar-refractivity contribution in [1.29, 1.82) is 0 Å². The molecule has 22 heavy (non-hydrogen) atoms. The molecule has 0 saturated heterocycles. The SMILES string of the molecule is COc1ccc(CC(C)NCCc2ccccc2OC)cc1. The zero-order chi connectivity index (χ0) is 15.8. The number of hydrogen-bond donors (Lipinski definition) is 1. The Labute approximate surface area is 133 Å². The van der Waals surface area contributed by atoms with E-state index in [4.69, 9.17) is 9.47 Å². The Kier molecular flexibility index (Phi) is 6.28. The van der Waals surface area contributed by atoms with E-state index in [0.717, 1.165) is 30.9 Å². The summed E-state index contributed by atoms with van der Waals surface area (Å²) >= 11 is 0. The normalized spacial score (nSPS) is 12.0. The summed E-state index contributed by atoms with van der Waals surface area (Å²) in [5, 5.41) is 3.57. The molecule has 0 aliphatic heterocycles. The molecule has 1 N–H and O–H groups in total. The first kappa shape index (κ1) is 16.4. The van der Waals surface area contributed by atoms with Crippen molar-refractivity contribution in [3.8, 4) is 11.5 Å². The lowest BCUT2D eigenvalue weighted by atomic mass is 10.1. The van der Waals surface area contributed by atoms with E-state index in [1.165, 1.54) is 11.1 Å². The monoisotopic (exact) mass is 299 g/mol. The number of methoxy groups -OCH3 is 2. The van der Waals surface area contributed by atoms with Gasteiger partial charge in [0.2, 0.25) is 0 Å². The van der Waals surface area contributed by atoms with Crippen molar-refractivity contribution in [1.82, 2.24) is 5.32 Å². The first-order chi connectivity index (χ1) is 10.7. The number of hydrogen-bond acceptors (Lipinski definition) is 3. The third-order valence-electron chi connectivity index (χ3n) is 3.78. The molecule has 1 unspecified atom stereocenters. The molecule has 2 aromatic carbocycles. The lowest BCUT2D eigenvalue weighted by Gasteiger charge is -2.15. The second kappa shape index (κ2) is 8.44. The standard InChI is InChI=1S/C19H25NO2/c1-15(14-16-8-10-18(21-2)11-9-16)20-13-12-17-6-4-5-7-19(17)22-3/h4-11,15,20H,12-14H2,1-3H3. The molecule has 1 atom stereocenters. The van der Waals surface area contributed by atoms with E-state index in [0.29, 0.717) is 6.04 Å². The minimum Gasteiger partial charge on any atom is -0.497 e. The van der Waals surface area contributed by atoms with Gasteiger partial charge in [-0.3, -0.25) is 0 Å². The first-order valence-electron chi connectivity index (χ1n) is 7.71. The van der Waals surface area contributed by atoms with Crippen LogP contribution in [0.4, 0.5) is 0 Å². The zero-order valence-corrected chi connectivity index (χ0v) is 13.6. The maximum atomic E-state index is 5.38. The Balaban J connectivity index is 1.78. The van der Waals surface area contributed by atoms with Crippen LogP contribution in [0.25, 0.3) is 0 Å². The summed E-state index contributed by atoms with van der Waals surface area (Å²) in [5.41, 5.74) is 2.56. The van der Waals surface area contributed by atoms with E-state index in [2.05, 4.69) is 36.5 Å². The molecule has 0 bridgehead atoms. The van der Waals surface area contributed by atoms with Crippen molar-refractivity contribution in [3.05, 3.63) is 59.7 Å². The van der Waals surface area contributed by atoms with Gasteiger partial charge in [0.05, 0.1) is 14.2 Å². The molecular formula is C19H25NO2. The van der Waals surface area contributed by atoms with Gasteiger partial charge in [0.1, 0.15) is 11.5 Å². The number of rotatable bonds is 8. The summed E-state index contributed by atoms with van der Waals surface area (Å²) in [7, 11) is 3.41. The summed E-state index contributed by atoms with van der Waals surface area (Å²) in [4.78, 5) is 0. The van der Waals surface area contributed by atoms with Gasteiger partial charge in [0.25, 0.3) is 0 Å². The maximum absolute atomic E-state index is 5.38. The molecule has 3 nitrogen and oxygen atoms in total. The molecule has 2 rings (SSSR count). The lowest BCUT2D eigenvalue weighted by molar-refractivity contribution is 0.408. The van der Waals surface area contributed by atoms with Crippen LogP contribution in [0.15, 0.2) is 48.5 Å². The molecule has 0 saturated carbocycles. The third kappa shape index (κ3) is 4.78. The number of nitrogens with one attached hydrogen (secondary N) is 1. The summed E-state index contributed by atoms with van der Waals surface area (Å²) < 4.78 is 10.6. The molecule has 0 radical (unpaired) electrons. The Bertz CT molecular complexity index is 566. The fourth-order valence-electron chi connectivity index (χ4n) is 2.55. The molecule has 3 heteroatoms. The van der Waals surface area contributed by atoms with Gasteiger partial charge in [-0.1, -0.05) is 30.3 Å². The van der Waals surface area contributed by atoms with E-state index in [9.17, 15) is 0 Å². The topological polar surface area (TPSA) is 30.5 Å². The smallest absolute Gasteiger partial charge is 0.122 e. The van der Waals surface area contributed by atoms with Gasteiger partial charge in [-0.15, -0.1) is 0 Å². The highest BCUT2D eigenvalue weighted by Crippen LogP contribution is 2.17. The zero-order valence-electron chi connectivity index (χ0n) is 13.6. The van der Waals surface area contributed by atoms with Crippen molar-refractivity contribution < 1.29 is 9.47 Å². The van der Waals surface area contributed by atoms with Crippen molar-refractivity contribution in [2.45, 2.75) is 25.8 Å². The predicted octanol–water partition coefficient (Wildman–Crippen LogP) is 3.47. The van der Waals surface area contributed by atoms with Crippen LogP contribution in [-0.2, 0) is 12.8 Å². The number of ether oxygens (including phenoxy) is 2. The van der Waals surface area contributed by atoms with Crippen LogP contribution in [0.2, 0.25) is 0 Å². The fraction of sp³-hybridized carbons (Fsp3) is 0.368. The summed E-state index contributed by atoms with van der Waals surface area (Å²) in [6.45, 7) is 3.16. The molecular weight excluding hydrogens is 274 g/mol. The van der Waals surface area contributed by atoms with Crippen molar-refractivity contribution in [3.63, 3.8) is 0 Å². The fourth-order valence-corrected chi connectivity index (χ4v) is 2.55. The van der Waals surface area contributed by atoms with E-state index in [1.54, 1.807) is 14.2 Å². The molecule has 118 valence electrons. The molecule has 0 heterocycles. The Morgan fingerprint density at radius 3 is 2.36 bits per heavy atom. The van der Waals surface area contributed by atoms with Gasteiger partial charge in [0.15, 0.2) is 0 Å². The molecule has 2 aromatic rings. The largest absolute Gasteiger partial charge is 0.497 e. The minimum absolute atomic E-state index is 0.433. The summed E-state index contributed by atoms with van der Waals surface area (Å²) in [6.07, 6.45) is 1.98. The second-order valence-electron chi connectivity index (χ2n) is 5.47. The van der Waals surface area contributed by atoms with E-state index < -0.39 is 0 Å². The molecule has 0 aliphatic rings. The van der Waals surface area contributed by atoms with Crippen LogP contribution < -0.4 is 14.8 Å².